The molecule has 1 aromatic heterocycles. The molecule has 7 rings (SSSR count). The van der Waals surface area contributed by atoms with E-state index in [2.05, 4.69) is 39.0 Å². The summed E-state index contributed by atoms with van der Waals surface area (Å²) in [5.74, 6) is 1.21. The average molecular weight is 401 g/mol. The molecule has 4 aliphatic heterocycles. The molecular formula is C24H25N4O2+. The molecule has 6 heteroatoms. The molecule has 0 N–H and O–H groups in total. The van der Waals surface area contributed by atoms with Crippen molar-refractivity contribution in [3.8, 4) is 22.6 Å². The predicted molar refractivity (Wildman–Crippen MR) is 115 cm³/mol. The largest absolute Gasteiger partial charge is 0.456 e. The van der Waals surface area contributed by atoms with Crippen molar-refractivity contribution in [2.45, 2.75) is 6.54 Å². The second-order valence-electron chi connectivity index (χ2n) is 8.95. The number of benzene rings is 2. The molecule has 2 aromatic carbocycles. The summed E-state index contributed by atoms with van der Waals surface area (Å²) in [5.41, 5.74) is 3.13. The fraction of sp³-hybridized carbons (Fsp3) is 0.292. The zero-order valence-electron chi connectivity index (χ0n) is 16.9. The molecule has 0 aliphatic carbocycles. The predicted octanol–water partition coefficient (Wildman–Crippen LogP) is 2.98. The van der Waals surface area contributed by atoms with Gasteiger partial charge in [-0.25, -0.2) is 14.7 Å². The van der Waals surface area contributed by atoms with Crippen molar-refractivity contribution in [1.29, 1.82) is 0 Å². The molecule has 5 heterocycles. The molecule has 3 aromatic rings. The van der Waals surface area contributed by atoms with Crippen molar-refractivity contribution >= 4 is 0 Å². The smallest absolute Gasteiger partial charge is 0.186 e. The highest BCUT2D eigenvalue weighted by molar-refractivity contribution is 5.62. The van der Waals surface area contributed by atoms with Crippen LogP contribution >= 0.6 is 0 Å². The van der Waals surface area contributed by atoms with Crippen LogP contribution in [0.1, 0.15) is 5.56 Å². The van der Waals surface area contributed by atoms with Crippen LogP contribution in [-0.2, 0) is 6.54 Å². The lowest BCUT2D eigenvalue weighted by molar-refractivity contribution is -0.991. The minimum absolute atomic E-state index is 0.0402. The Bertz CT molecular complexity index is 1090. The van der Waals surface area contributed by atoms with Crippen LogP contribution in [0.4, 0.5) is 0 Å². The van der Waals surface area contributed by atoms with Crippen LogP contribution in [0, 0.1) is 0 Å². The highest BCUT2D eigenvalue weighted by Gasteiger charge is 2.48. The van der Waals surface area contributed by atoms with Gasteiger partial charge in [0.25, 0.3) is 0 Å². The number of nitrogens with zero attached hydrogens (tertiary/aromatic N) is 4. The Morgan fingerprint density at radius 1 is 0.733 bits per heavy atom. The fourth-order valence-electron chi connectivity index (χ4n) is 5.33. The lowest BCUT2D eigenvalue weighted by Gasteiger charge is -2.60. The first-order valence-corrected chi connectivity index (χ1v) is 10.5. The van der Waals surface area contributed by atoms with Crippen molar-refractivity contribution in [2.75, 3.05) is 40.0 Å². The van der Waals surface area contributed by atoms with Crippen molar-refractivity contribution in [2.24, 2.45) is 0 Å². The topological polar surface area (TPSA) is 39.9 Å². The lowest BCUT2D eigenvalue weighted by atomic mass is 10.1. The number of hydrogen-bond acceptors (Lipinski definition) is 5. The third-order valence-electron chi connectivity index (χ3n) is 6.28. The number of rotatable bonds is 4. The zero-order valence-corrected chi connectivity index (χ0v) is 16.9. The maximum atomic E-state index is 12.3. The van der Waals surface area contributed by atoms with E-state index < -0.39 is 0 Å². The van der Waals surface area contributed by atoms with Gasteiger partial charge in [-0.3, -0.25) is 9.28 Å². The van der Waals surface area contributed by atoms with E-state index in [1.165, 1.54) is 5.56 Å². The van der Waals surface area contributed by atoms with Gasteiger partial charge in [-0.05, 0) is 0 Å². The summed E-state index contributed by atoms with van der Waals surface area (Å²) >= 11 is 0. The Balaban J connectivity index is 1.26. The Morgan fingerprint density at radius 3 is 1.83 bits per heavy atom. The van der Waals surface area contributed by atoms with E-state index in [1.807, 2.05) is 30.3 Å². The average Bonchev–Trinajstić information content (AvgIpc) is 2.73. The van der Waals surface area contributed by atoms with Crippen LogP contribution in [0.5, 0.6) is 0 Å². The summed E-state index contributed by atoms with van der Waals surface area (Å²) in [6.45, 7) is 7.72. The van der Waals surface area contributed by atoms with Gasteiger partial charge in [-0.1, -0.05) is 54.6 Å². The molecule has 4 aliphatic rings. The summed E-state index contributed by atoms with van der Waals surface area (Å²) < 4.78 is 7.16. The quantitative estimate of drug-likeness (QED) is 0.629. The SMILES string of the molecule is O=c1cc(-c2ccccc2)oc(-c2ccc(C[N+]34CN5CN(CN(C5)C3)C4)cc2)c1. The van der Waals surface area contributed by atoms with Gasteiger partial charge in [-0.2, -0.15) is 0 Å². The minimum atomic E-state index is -0.0402. The summed E-state index contributed by atoms with van der Waals surface area (Å²) in [4.78, 5) is 19.9. The summed E-state index contributed by atoms with van der Waals surface area (Å²) in [6, 6.07) is 21.4. The number of hydrogen-bond donors (Lipinski definition) is 0. The van der Waals surface area contributed by atoms with Crippen molar-refractivity contribution in [3.05, 3.63) is 82.5 Å². The third-order valence-corrected chi connectivity index (χ3v) is 6.28. The molecule has 0 radical (unpaired) electrons. The van der Waals surface area contributed by atoms with Crippen LogP contribution in [0.25, 0.3) is 22.6 Å². The van der Waals surface area contributed by atoms with E-state index in [1.54, 1.807) is 12.1 Å². The molecule has 0 saturated carbocycles. The van der Waals surface area contributed by atoms with Crippen LogP contribution in [0.3, 0.4) is 0 Å². The first-order valence-electron chi connectivity index (χ1n) is 10.5. The fourth-order valence-corrected chi connectivity index (χ4v) is 5.33. The van der Waals surface area contributed by atoms with E-state index in [0.717, 1.165) is 62.2 Å². The lowest BCUT2D eigenvalue weighted by Crippen LogP contribution is -2.78. The van der Waals surface area contributed by atoms with E-state index >= 15 is 0 Å². The molecule has 30 heavy (non-hydrogen) atoms. The van der Waals surface area contributed by atoms with Crippen LogP contribution in [-0.4, -0.2) is 59.2 Å². The van der Waals surface area contributed by atoms with Gasteiger partial charge in [0.1, 0.15) is 38.1 Å². The highest BCUT2D eigenvalue weighted by Crippen LogP contribution is 2.31. The van der Waals surface area contributed by atoms with Crippen molar-refractivity contribution < 1.29 is 8.90 Å². The van der Waals surface area contributed by atoms with Gasteiger partial charge >= 0.3 is 0 Å². The Kier molecular flexibility index (Phi) is 4.14. The summed E-state index contributed by atoms with van der Waals surface area (Å²) in [6.07, 6.45) is 0. The monoisotopic (exact) mass is 401 g/mol. The highest BCUT2D eigenvalue weighted by atomic mass is 16.3. The Labute approximate surface area is 175 Å². The van der Waals surface area contributed by atoms with Crippen LogP contribution in [0.2, 0.25) is 0 Å². The maximum Gasteiger partial charge on any atom is 0.186 e. The third kappa shape index (κ3) is 3.28. The van der Waals surface area contributed by atoms with E-state index in [-0.39, 0.29) is 5.43 Å². The van der Waals surface area contributed by atoms with Crippen molar-refractivity contribution in [3.63, 3.8) is 0 Å². The summed E-state index contributed by atoms with van der Waals surface area (Å²) in [7, 11) is 0. The minimum Gasteiger partial charge on any atom is -0.456 e. The Hall–Kier alpha value is -2.77. The van der Waals surface area contributed by atoms with Crippen LogP contribution in [0.15, 0.2) is 75.9 Å². The standard InChI is InChI=1S/C24H25N4O2/c29-22-10-23(20-4-2-1-3-5-20)30-24(11-22)21-8-6-19(7-9-21)12-28-16-25-13-26(17-28)15-27(14-25)18-28/h1-11H,12-18H2/q+1. The molecule has 6 nitrogen and oxygen atoms in total. The molecular weight excluding hydrogens is 376 g/mol. The molecule has 0 atom stereocenters. The van der Waals surface area contributed by atoms with Gasteiger partial charge in [-0.15, -0.1) is 0 Å². The second kappa shape index (κ2) is 6.89. The van der Waals surface area contributed by atoms with Crippen LogP contribution < -0.4 is 5.43 Å². The first kappa shape index (κ1) is 18.0. The van der Waals surface area contributed by atoms with Gasteiger partial charge in [0, 0.05) is 28.8 Å². The molecule has 4 saturated heterocycles. The first-order chi connectivity index (χ1) is 14.6. The molecule has 0 spiro atoms. The van der Waals surface area contributed by atoms with E-state index in [4.69, 9.17) is 4.42 Å². The molecule has 0 amide bonds. The van der Waals surface area contributed by atoms with Gasteiger partial charge in [0.15, 0.2) is 5.43 Å². The van der Waals surface area contributed by atoms with Gasteiger partial charge in [0.05, 0.1) is 20.0 Å². The zero-order chi connectivity index (χ0) is 20.1. The Morgan fingerprint density at radius 2 is 1.27 bits per heavy atom. The molecule has 152 valence electrons. The van der Waals surface area contributed by atoms with Crippen molar-refractivity contribution in [1.82, 2.24) is 14.7 Å². The number of quaternary nitrogens is 1. The van der Waals surface area contributed by atoms with Gasteiger partial charge in [0.2, 0.25) is 0 Å². The molecule has 4 fully saturated rings. The van der Waals surface area contributed by atoms with E-state index in [0.29, 0.717) is 11.5 Å². The molecule has 0 unspecified atom stereocenters. The van der Waals surface area contributed by atoms with Gasteiger partial charge < -0.3 is 4.42 Å². The van der Waals surface area contributed by atoms with E-state index in [9.17, 15) is 4.79 Å². The second-order valence-corrected chi connectivity index (χ2v) is 8.95. The summed E-state index contributed by atoms with van der Waals surface area (Å²) in [5, 5.41) is 0. The molecule has 4 bridgehead atoms. The normalized spacial score (nSPS) is 29.3. The maximum absolute atomic E-state index is 12.3.